The lowest BCUT2D eigenvalue weighted by Gasteiger charge is -2.13. The van der Waals surface area contributed by atoms with Gasteiger partial charge in [-0.1, -0.05) is 19.9 Å². The predicted octanol–water partition coefficient (Wildman–Crippen LogP) is 1.81. The molecule has 1 fully saturated rings. The summed E-state index contributed by atoms with van der Waals surface area (Å²) in [4.78, 5) is 12.1. The van der Waals surface area contributed by atoms with Crippen LogP contribution in [-0.2, 0) is 0 Å². The van der Waals surface area contributed by atoms with Crippen molar-refractivity contribution in [1.82, 2.24) is 10.6 Å². The summed E-state index contributed by atoms with van der Waals surface area (Å²) in [5, 5.41) is 6.26. The minimum absolute atomic E-state index is 0.0244. The van der Waals surface area contributed by atoms with Crippen molar-refractivity contribution in [2.75, 3.05) is 19.7 Å². The Morgan fingerprint density at radius 2 is 2.37 bits per heavy atom. The lowest BCUT2D eigenvalue weighted by Crippen LogP contribution is -2.36. The minimum Gasteiger partial charge on any atom is -0.493 e. The Labute approximate surface area is 114 Å². The molecule has 1 heterocycles. The summed E-state index contributed by atoms with van der Waals surface area (Å²) in [6, 6.07) is 7.61. The van der Waals surface area contributed by atoms with E-state index in [0.29, 0.717) is 18.1 Å². The maximum absolute atomic E-state index is 12.1. The summed E-state index contributed by atoms with van der Waals surface area (Å²) in [5.74, 6) is 1.21. The number of nitrogens with one attached hydrogen (secondary N) is 2. The second kappa shape index (κ2) is 6.57. The van der Waals surface area contributed by atoms with Crippen LogP contribution in [0, 0.1) is 5.92 Å². The van der Waals surface area contributed by atoms with Crippen LogP contribution in [0.2, 0.25) is 0 Å². The molecule has 0 radical (unpaired) electrons. The number of hydrogen-bond donors (Lipinski definition) is 2. The second-order valence-electron chi connectivity index (χ2n) is 5.40. The monoisotopic (exact) mass is 262 g/mol. The smallest absolute Gasteiger partial charge is 0.251 e. The van der Waals surface area contributed by atoms with Gasteiger partial charge in [0.15, 0.2) is 0 Å². The van der Waals surface area contributed by atoms with E-state index in [-0.39, 0.29) is 11.9 Å². The van der Waals surface area contributed by atoms with E-state index in [1.807, 2.05) is 18.2 Å². The maximum atomic E-state index is 12.1. The van der Waals surface area contributed by atoms with Gasteiger partial charge < -0.3 is 15.4 Å². The maximum Gasteiger partial charge on any atom is 0.251 e. The molecule has 1 unspecified atom stereocenters. The van der Waals surface area contributed by atoms with Crippen LogP contribution in [0.3, 0.4) is 0 Å². The molecular weight excluding hydrogens is 240 g/mol. The van der Waals surface area contributed by atoms with Crippen LogP contribution in [0.15, 0.2) is 24.3 Å². The van der Waals surface area contributed by atoms with Crippen LogP contribution in [-0.4, -0.2) is 31.6 Å². The zero-order valence-corrected chi connectivity index (χ0v) is 11.6. The molecule has 1 aliphatic heterocycles. The molecule has 1 saturated heterocycles. The topological polar surface area (TPSA) is 50.4 Å². The molecule has 0 saturated carbocycles. The van der Waals surface area contributed by atoms with Crippen molar-refractivity contribution >= 4 is 5.91 Å². The highest BCUT2D eigenvalue weighted by Gasteiger charge is 2.17. The normalized spacial score (nSPS) is 18.6. The van der Waals surface area contributed by atoms with Gasteiger partial charge in [-0.2, -0.15) is 0 Å². The highest BCUT2D eigenvalue weighted by molar-refractivity contribution is 5.94. The number of carbonyl (C=O) groups excluding carboxylic acids is 1. The number of hydrogen-bond acceptors (Lipinski definition) is 3. The largest absolute Gasteiger partial charge is 0.493 e. The molecule has 2 rings (SSSR count). The molecule has 0 aliphatic carbocycles. The van der Waals surface area contributed by atoms with Gasteiger partial charge in [-0.15, -0.1) is 0 Å². The molecule has 2 N–H and O–H groups in total. The van der Waals surface area contributed by atoms with Gasteiger partial charge in [0.2, 0.25) is 0 Å². The van der Waals surface area contributed by atoms with Crippen LogP contribution in [0.1, 0.15) is 30.6 Å². The Kier molecular flexibility index (Phi) is 4.80. The van der Waals surface area contributed by atoms with Crippen molar-refractivity contribution in [1.29, 1.82) is 0 Å². The third-order valence-corrected chi connectivity index (χ3v) is 3.08. The zero-order chi connectivity index (χ0) is 13.7. The second-order valence-corrected chi connectivity index (χ2v) is 5.40. The van der Waals surface area contributed by atoms with E-state index in [1.54, 1.807) is 6.07 Å². The third kappa shape index (κ3) is 4.24. The fourth-order valence-electron chi connectivity index (χ4n) is 2.04. The van der Waals surface area contributed by atoms with Crippen LogP contribution < -0.4 is 15.4 Å². The standard InChI is InChI=1S/C15H22N2O2/c1-11(2)10-19-14-5-3-4-12(8-14)15(18)17-13-6-7-16-9-13/h3-5,8,11,13,16H,6-7,9-10H2,1-2H3,(H,17,18). The van der Waals surface area contributed by atoms with Gasteiger partial charge in [0.25, 0.3) is 5.91 Å². The van der Waals surface area contributed by atoms with Gasteiger partial charge in [0.1, 0.15) is 5.75 Å². The molecule has 0 spiro atoms. The first-order chi connectivity index (χ1) is 9.15. The quantitative estimate of drug-likeness (QED) is 0.851. The van der Waals surface area contributed by atoms with Gasteiger partial charge in [0.05, 0.1) is 6.61 Å². The molecular formula is C15H22N2O2. The molecule has 0 aromatic heterocycles. The van der Waals surface area contributed by atoms with Gasteiger partial charge in [-0.3, -0.25) is 4.79 Å². The summed E-state index contributed by atoms with van der Waals surface area (Å²) in [5.41, 5.74) is 0.660. The average Bonchev–Trinajstić information content (AvgIpc) is 2.89. The van der Waals surface area contributed by atoms with Crippen LogP contribution >= 0.6 is 0 Å². The lowest BCUT2D eigenvalue weighted by molar-refractivity contribution is 0.0939. The Balaban J connectivity index is 1.94. The fraction of sp³-hybridized carbons (Fsp3) is 0.533. The van der Waals surface area contributed by atoms with Crippen molar-refractivity contribution in [3.05, 3.63) is 29.8 Å². The number of rotatable bonds is 5. The van der Waals surface area contributed by atoms with Crippen molar-refractivity contribution in [3.63, 3.8) is 0 Å². The van der Waals surface area contributed by atoms with Crippen LogP contribution in [0.4, 0.5) is 0 Å². The summed E-state index contributed by atoms with van der Waals surface area (Å²) < 4.78 is 5.64. The van der Waals surface area contributed by atoms with E-state index in [0.717, 1.165) is 25.3 Å². The van der Waals surface area contributed by atoms with Gasteiger partial charge in [-0.05, 0) is 37.1 Å². The predicted molar refractivity (Wildman–Crippen MR) is 75.5 cm³/mol. The summed E-state index contributed by atoms with van der Waals surface area (Å²) in [7, 11) is 0. The van der Waals surface area contributed by atoms with Crippen molar-refractivity contribution < 1.29 is 9.53 Å². The van der Waals surface area contributed by atoms with E-state index in [1.165, 1.54) is 0 Å². The summed E-state index contributed by atoms with van der Waals surface area (Å²) in [6.07, 6.45) is 0.995. The molecule has 104 valence electrons. The highest BCUT2D eigenvalue weighted by Crippen LogP contribution is 2.14. The first-order valence-electron chi connectivity index (χ1n) is 6.89. The molecule has 1 amide bonds. The van der Waals surface area contributed by atoms with Gasteiger partial charge in [-0.25, -0.2) is 0 Å². The Bertz CT molecular complexity index is 426. The van der Waals surface area contributed by atoms with Crippen LogP contribution in [0.5, 0.6) is 5.75 Å². The number of ether oxygens (including phenoxy) is 1. The van der Waals surface area contributed by atoms with Crippen molar-refractivity contribution in [2.45, 2.75) is 26.3 Å². The number of benzene rings is 1. The third-order valence-electron chi connectivity index (χ3n) is 3.08. The molecule has 1 aromatic rings. The molecule has 1 atom stereocenters. The average molecular weight is 262 g/mol. The molecule has 4 nitrogen and oxygen atoms in total. The Hall–Kier alpha value is -1.55. The van der Waals surface area contributed by atoms with Gasteiger partial charge >= 0.3 is 0 Å². The number of carbonyl (C=O) groups is 1. The van der Waals surface area contributed by atoms with E-state index >= 15 is 0 Å². The van der Waals surface area contributed by atoms with E-state index in [9.17, 15) is 4.79 Å². The molecule has 4 heteroatoms. The van der Waals surface area contributed by atoms with Crippen molar-refractivity contribution in [2.24, 2.45) is 5.92 Å². The molecule has 19 heavy (non-hydrogen) atoms. The zero-order valence-electron chi connectivity index (χ0n) is 11.6. The van der Waals surface area contributed by atoms with E-state index in [4.69, 9.17) is 4.74 Å². The lowest BCUT2D eigenvalue weighted by atomic mass is 10.1. The molecule has 1 aliphatic rings. The summed E-state index contributed by atoms with van der Waals surface area (Å²) >= 11 is 0. The molecule has 0 bridgehead atoms. The Morgan fingerprint density at radius 1 is 1.53 bits per heavy atom. The summed E-state index contributed by atoms with van der Waals surface area (Å²) in [6.45, 7) is 6.70. The first-order valence-corrected chi connectivity index (χ1v) is 6.89. The first kappa shape index (κ1) is 13.9. The fourth-order valence-corrected chi connectivity index (χ4v) is 2.04. The Morgan fingerprint density at radius 3 is 3.05 bits per heavy atom. The van der Waals surface area contributed by atoms with Crippen molar-refractivity contribution in [3.8, 4) is 5.75 Å². The van der Waals surface area contributed by atoms with E-state index in [2.05, 4.69) is 24.5 Å². The van der Waals surface area contributed by atoms with E-state index < -0.39 is 0 Å². The number of amides is 1. The van der Waals surface area contributed by atoms with Gasteiger partial charge in [0, 0.05) is 18.2 Å². The minimum atomic E-state index is -0.0244. The van der Waals surface area contributed by atoms with Crippen LogP contribution in [0.25, 0.3) is 0 Å². The molecule has 1 aromatic carbocycles. The SMILES string of the molecule is CC(C)COc1cccc(C(=O)NC2CCNC2)c1. The highest BCUT2D eigenvalue weighted by atomic mass is 16.5.